The number of hydrogen-bond acceptors (Lipinski definition) is 3. The lowest BCUT2D eigenvalue weighted by Crippen LogP contribution is -2.46. The summed E-state index contributed by atoms with van der Waals surface area (Å²) in [5, 5.41) is 8.62. The zero-order valence-corrected chi connectivity index (χ0v) is 14.6. The van der Waals surface area contributed by atoms with Crippen LogP contribution in [0.15, 0.2) is 36.9 Å². The first-order chi connectivity index (χ1) is 11.4. The fourth-order valence-corrected chi connectivity index (χ4v) is 1.80. The monoisotopic (exact) mass is 349 g/mol. The van der Waals surface area contributed by atoms with Crippen molar-refractivity contribution >= 4 is 29.3 Å². The summed E-state index contributed by atoms with van der Waals surface area (Å²) < 4.78 is 0. The summed E-state index contributed by atoms with van der Waals surface area (Å²) in [7, 11) is 0. The van der Waals surface area contributed by atoms with E-state index in [1.54, 1.807) is 30.3 Å². The smallest absolute Gasteiger partial charge is 0.315 e. The molecule has 1 aromatic carbocycles. The van der Waals surface area contributed by atoms with Gasteiger partial charge >= 0.3 is 6.03 Å². The summed E-state index contributed by atoms with van der Waals surface area (Å²) in [5.41, 5.74) is 6.46. The van der Waals surface area contributed by atoms with Crippen molar-refractivity contribution in [3.8, 4) is 0 Å². The van der Waals surface area contributed by atoms with Crippen LogP contribution >= 0.6 is 12.2 Å². The topological polar surface area (TPSA) is 94.3 Å². The number of hydrogen-bond donors (Lipinski definition) is 5. The molecule has 7 nitrogen and oxygen atoms in total. The van der Waals surface area contributed by atoms with Crippen molar-refractivity contribution in [1.29, 1.82) is 0 Å². The van der Waals surface area contributed by atoms with E-state index in [0.29, 0.717) is 23.8 Å². The maximum atomic E-state index is 12.0. The molecule has 0 unspecified atom stereocenters. The summed E-state index contributed by atoms with van der Waals surface area (Å²) >= 11 is 4.97. The van der Waals surface area contributed by atoms with Gasteiger partial charge in [-0.05, 0) is 43.8 Å². The number of carbonyl (C=O) groups is 2. The van der Waals surface area contributed by atoms with E-state index in [1.165, 1.54) is 0 Å². The first kappa shape index (κ1) is 19.4. The molecule has 0 spiro atoms. The van der Waals surface area contributed by atoms with E-state index in [4.69, 9.17) is 12.2 Å². The van der Waals surface area contributed by atoms with Crippen LogP contribution < -0.4 is 26.8 Å². The number of hydrazine groups is 1. The van der Waals surface area contributed by atoms with Crippen LogP contribution in [-0.2, 0) is 6.54 Å². The van der Waals surface area contributed by atoms with Gasteiger partial charge in [-0.3, -0.25) is 15.6 Å². The zero-order chi connectivity index (χ0) is 17.9. The molecule has 1 aromatic rings. The van der Waals surface area contributed by atoms with E-state index < -0.39 is 0 Å². The van der Waals surface area contributed by atoms with Crippen molar-refractivity contribution < 1.29 is 9.59 Å². The molecule has 0 heterocycles. The van der Waals surface area contributed by atoms with Gasteiger partial charge in [-0.15, -0.1) is 6.58 Å². The third-order valence-electron chi connectivity index (χ3n) is 2.79. The molecule has 3 amide bonds. The number of rotatable bonds is 6. The molecule has 5 N–H and O–H groups in total. The van der Waals surface area contributed by atoms with Crippen LogP contribution in [0.1, 0.15) is 29.8 Å². The third kappa shape index (κ3) is 7.59. The Balaban J connectivity index is 2.43. The lowest BCUT2D eigenvalue weighted by atomic mass is 10.1. The minimum atomic E-state index is -0.310. The largest absolute Gasteiger partial charge is 0.358 e. The predicted molar refractivity (Wildman–Crippen MR) is 98.3 cm³/mol. The first-order valence-electron chi connectivity index (χ1n) is 7.50. The lowest BCUT2D eigenvalue weighted by Gasteiger charge is -2.11. The fourth-order valence-electron chi connectivity index (χ4n) is 1.66. The summed E-state index contributed by atoms with van der Waals surface area (Å²) in [6.07, 6.45) is 1.66. The Morgan fingerprint density at radius 2 is 1.83 bits per heavy atom. The van der Waals surface area contributed by atoms with E-state index >= 15 is 0 Å². The summed E-state index contributed by atoms with van der Waals surface area (Å²) in [6.45, 7) is 8.22. The number of nitrogens with one attached hydrogen (secondary N) is 5. The molecule has 0 aromatic heterocycles. The van der Waals surface area contributed by atoms with Crippen molar-refractivity contribution in [3.05, 3.63) is 48.0 Å². The highest BCUT2D eigenvalue weighted by molar-refractivity contribution is 7.80. The van der Waals surface area contributed by atoms with Crippen molar-refractivity contribution in [3.63, 3.8) is 0 Å². The molecule has 0 aliphatic carbocycles. The highest BCUT2D eigenvalue weighted by atomic mass is 32.1. The minimum absolute atomic E-state index is 0.0793. The highest BCUT2D eigenvalue weighted by Crippen LogP contribution is 2.04. The molecule has 0 atom stereocenters. The van der Waals surface area contributed by atoms with Crippen LogP contribution in [0.5, 0.6) is 0 Å². The minimum Gasteiger partial charge on any atom is -0.358 e. The molecule has 0 saturated carbocycles. The highest BCUT2D eigenvalue weighted by Gasteiger charge is 2.06. The molecule has 1 rings (SSSR count). The molecular formula is C16H23N5O2S. The quantitative estimate of drug-likeness (QED) is 0.302. The maximum absolute atomic E-state index is 12.0. The second kappa shape index (κ2) is 10.2. The number of urea groups is 1. The standard InChI is InChI=1S/C16H23N5O2S/c1-4-9-17-16(24)21-20-14(22)13-7-5-12(6-8-13)10-18-15(23)19-11(2)3/h4-8,11H,1,9-10H2,2-3H3,(H,20,22)(H2,17,21,24)(H2,18,19,23). The molecule has 0 aliphatic heterocycles. The molecule has 0 bridgehead atoms. The van der Waals surface area contributed by atoms with Gasteiger partial charge in [-0.2, -0.15) is 0 Å². The van der Waals surface area contributed by atoms with Gasteiger partial charge in [0.15, 0.2) is 5.11 Å². The van der Waals surface area contributed by atoms with Crippen LogP contribution in [0.2, 0.25) is 0 Å². The normalized spacial score (nSPS) is 9.79. The summed E-state index contributed by atoms with van der Waals surface area (Å²) in [6, 6.07) is 6.76. The summed E-state index contributed by atoms with van der Waals surface area (Å²) in [5.74, 6) is -0.310. The van der Waals surface area contributed by atoms with Gasteiger partial charge in [-0.1, -0.05) is 18.2 Å². The van der Waals surface area contributed by atoms with Crippen LogP contribution in [0.25, 0.3) is 0 Å². The van der Waals surface area contributed by atoms with Crippen molar-refractivity contribution in [1.82, 2.24) is 26.8 Å². The van der Waals surface area contributed by atoms with E-state index in [-0.39, 0.29) is 18.0 Å². The van der Waals surface area contributed by atoms with Gasteiger partial charge in [0.25, 0.3) is 5.91 Å². The Morgan fingerprint density at radius 1 is 1.17 bits per heavy atom. The predicted octanol–water partition coefficient (Wildman–Crippen LogP) is 1.19. The molecule has 0 saturated heterocycles. The first-order valence-corrected chi connectivity index (χ1v) is 7.91. The number of carbonyl (C=O) groups excluding carboxylic acids is 2. The molecule has 0 fully saturated rings. The van der Waals surface area contributed by atoms with Crippen LogP contribution in [0.4, 0.5) is 4.79 Å². The molecule has 0 radical (unpaired) electrons. The van der Waals surface area contributed by atoms with Crippen LogP contribution in [0.3, 0.4) is 0 Å². The lowest BCUT2D eigenvalue weighted by molar-refractivity contribution is 0.0943. The van der Waals surface area contributed by atoms with Crippen LogP contribution in [-0.4, -0.2) is 29.6 Å². The Kier molecular flexibility index (Phi) is 8.28. The zero-order valence-electron chi connectivity index (χ0n) is 13.8. The average molecular weight is 349 g/mol. The number of amides is 3. The number of benzene rings is 1. The third-order valence-corrected chi connectivity index (χ3v) is 3.03. The SMILES string of the molecule is C=CCNC(=S)NNC(=O)c1ccc(CNC(=O)NC(C)C)cc1. The Labute approximate surface area is 147 Å². The van der Waals surface area contributed by atoms with Gasteiger partial charge in [0.1, 0.15) is 0 Å². The second-order valence-corrected chi connectivity index (χ2v) is 5.66. The molecule has 8 heteroatoms. The summed E-state index contributed by atoms with van der Waals surface area (Å²) in [4.78, 5) is 23.5. The Morgan fingerprint density at radius 3 is 2.42 bits per heavy atom. The molecular weight excluding hydrogens is 326 g/mol. The second-order valence-electron chi connectivity index (χ2n) is 5.26. The molecule has 0 aliphatic rings. The Bertz CT molecular complexity index is 587. The average Bonchev–Trinajstić information content (AvgIpc) is 2.55. The van der Waals surface area contributed by atoms with Gasteiger partial charge < -0.3 is 16.0 Å². The van der Waals surface area contributed by atoms with E-state index in [1.807, 2.05) is 13.8 Å². The van der Waals surface area contributed by atoms with Crippen LogP contribution in [0, 0.1) is 0 Å². The van der Waals surface area contributed by atoms with E-state index in [2.05, 4.69) is 33.4 Å². The van der Waals surface area contributed by atoms with Gasteiger partial charge in [0, 0.05) is 24.7 Å². The Hall–Kier alpha value is -2.61. The van der Waals surface area contributed by atoms with Crippen molar-refractivity contribution in [2.75, 3.05) is 6.54 Å². The number of thiocarbonyl (C=S) groups is 1. The molecule has 24 heavy (non-hydrogen) atoms. The molecule has 130 valence electrons. The van der Waals surface area contributed by atoms with E-state index in [9.17, 15) is 9.59 Å². The van der Waals surface area contributed by atoms with Gasteiger partial charge in [0.2, 0.25) is 0 Å². The van der Waals surface area contributed by atoms with Crippen molar-refractivity contribution in [2.45, 2.75) is 26.4 Å². The van der Waals surface area contributed by atoms with E-state index in [0.717, 1.165) is 5.56 Å². The van der Waals surface area contributed by atoms with Crippen molar-refractivity contribution in [2.24, 2.45) is 0 Å². The van der Waals surface area contributed by atoms with Gasteiger partial charge in [0.05, 0.1) is 0 Å². The fraction of sp³-hybridized carbons (Fsp3) is 0.312. The maximum Gasteiger partial charge on any atom is 0.315 e. The van der Waals surface area contributed by atoms with Gasteiger partial charge in [-0.25, -0.2) is 4.79 Å².